The lowest BCUT2D eigenvalue weighted by Crippen LogP contribution is -2.41. The van der Waals surface area contributed by atoms with E-state index in [-0.39, 0.29) is 5.91 Å². The van der Waals surface area contributed by atoms with Crippen molar-refractivity contribution in [1.29, 1.82) is 0 Å². The monoisotopic (exact) mass is 576 g/mol. The van der Waals surface area contributed by atoms with Gasteiger partial charge in [-0.25, -0.2) is 15.0 Å². The van der Waals surface area contributed by atoms with Crippen LogP contribution in [0, 0.1) is 19.8 Å². The maximum absolute atomic E-state index is 13.7. The number of pyridine rings is 2. The first-order chi connectivity index (χ1) is 20.8. The SMILES string of the molecule is Cc1cccc(NC(=O)CN2C(=O)[C@H]3[C@H](ON(c4ccccc4)[C@H]3c3ccc(C(=O)Nc4cccc(C)n4)cc3)C2=O)n1. The Balaban J connectivity index is 1.25. The van der Waals surface area contributed by atoms with Gasteiger partial charge in [-0.15, -0.1) is 0 Å². The number of para-hydroxylation sites is 1. The van der Waals surface area contributed by atoms with Crippen molar-refractivity contribution >= 4 is 41.0 Å². The predicted octanol–water partition coefficient (Wildman–Crippen LogP) is 3.83. The third-order valence-electron chi connectivity index (χ3n) is 7.32. The Morgan fingerprint density at radius 3 is 2.02 bits per heavy atom. The van der Waals surface area contributed by atoms with Gasteiger partial charge in [-0.05, 0) is 67.9 Å². The number of fused-ring (bicyclic) bond motifs is 1. The zero-order valence-corrected chi connectivity index (χ0v) is 23.4. The number of aromatic nitrogens is 2. The van der Waals surface area contributed by atoms with Crippen LogP contribution in [0.15, 0.2) is 91.0 Å². The summed E-state index contributed by atoms with van der Waals surface area (Å²) in [6, 6.07) is 25.8. The Morgan fingerprint density at radius 1 is 0.767 bits per heavy atom. The topological polar surface area (TPSA) is 134 Å². The van der Waals surface area contributed by atoms with Gasteiger partial charge < -0.3 is 10.6 Å². The van der Waals surface area contributed by atoms with E-state index in [1.54, 1.807) is 60.5 Å². The summed E-state index contributed by atoms with van der Waals surface area (Å²) in [6.07, 6.45) is -1.11. The lowest BCUT2D eigenvalue weighted by Gasteiger charge is -2.28. The van der Waals surface area contributed by atoms with E-state index >= 15 is 0 Å². The fraction of sp³-hybridized carbons (Fsp3) is 0.188. The van der Waals surface area contributed by atoms with Gasteiger partial charge in [-0.2, -0.15) is 0 Å². The number of nitrogens with one attached hydrogen (secondary N) is 2. The predicted molar refractivity (Wildman–Crippen MR) is 158 cm³/mol. The Morgan fingerprint density at radius 2 is 1.40 bits per heavy atom. The van der Waals surface area contributed by atoms with E-state index in [2.05, 4.69) is 20.6 Å². The van der Waals surface area contributed by atoms with Gasteiger partial charge in [0.1, 0.15) is 24.1 Å². The summed E-state index contributed by atoms with van der Waals surface area (Å²) in [7, 11) is 0. The van der Waals surface area contributed by atoms with Crippen LogP contribution in [0.3, 0.4) is 0 Å². The molecule has 0 unspecified atom stereocenters. The summed E-state index contributed by atoms with van der Waals surface area (Å²) < 4.78 is 0. The number of likely N-dealkylation sites (tertiary alicyclic amines) is 1. The summed E-state index contributed by atoms with van der Waals surface area (Å²) in [5, 5.41) is 6.99. The van der Waals surface area contributed by atoms with Gasteiger partial charge in [0.05, 0.1) is 11.7 Å². The highest BCUT2D eigenvalue weighted by Gasteiger charge is 2.60. The van der Waals surface area contributed by atoms with E-state index in [4.69, 9.17) is 4.84 Å². The number of anilines is 3. The summed E-state index contributed by atoms with van der Waals surface area (Å²) >= 11 is 0. The summed E-state index contributed by atoms with van der Waals surface area (Å²) in [4.78, 5) is 68.5. The van der Waals surface area contributed by atoms with Crippen LogP contribution in [-0.2, 0) is 19.2 Å². The van der Waals surface area contributed by atoms with Crippen LogP contribution in [-0.4, -0.2) is 51.1 Å². The van der Waals surface area contributed by atoms with Gasteiger partial charge in [-0.1, -0.05) is 42.5 Å². The van der Waals surface area contributed by atoms with Crippen LogP contribution in [0.2, 0.25) is 0 Å². The van der Waals surface area contributed by atoms with E-state index in [0.29, 0.717) is 34.1 Å². The standard InChI is InChI=1S/C32H28N6O5/c1-19-8-6-12-24(33-19)35-26(39)18-37-31(41)27-28(38(43-29(27)32(37)42)23-10-4-3-5-11-23)21-14-16-22(17-15-21)30(40)36-25-13-7-9-20(2)34-25/h3-17,27-29H,18H2,1-2H3,(H,33,35,39)(H,34,36,40)/t27-,28+,29+/m1/s1. The average Bonchev–Trinajstić information content (AvgIpc) is 3.49. The summed E-state index contributed by atoms with van der Waals surface area (Å²) in [6.45, 7) is 3.16. The molecule has 2 aliphatic heterocycles. The van der Waals surface area contributed by atoms with E-state index in [0.717, 1.165) is 10.6 Å². The Labute approximate surface area is 247 Å². The van der Waals surface area contributed by atoms with Crippen molar-refractivity contribution in [1.82, 2.24) is 14.9 Å². The number of hydrogen-bond donors (Lipinski definition) is 2. The van der Waals surface area contributed by atoms with Crippen molar-refractivity contribution < 1.29 is 24.0 Å². The highest BCUT2D eigenvalue weighted by molar-refractivity contribution is 6.10. The van der Waals surface area contributed by atoms with E-state index in [1.165, 1.54) is 0 Å². The number of hydrogen-bond acceptors (Lipinski definition) is 8. The summed E-state index contributed by atoms with van der Waals surface area (Å²) in [5.41, 5.74) is 3.21. The first kappa shape index (κ1) is 27.7. The fourth-order valence-corrected chi connectivity index (χ4v) is 5.34. The van der Waals surface area contributed by atoms with E-state index < -0.39 is 42.3 Å². The third-order valence-corrected chi connectivity index (χ3v) is 7.32. The third kappa shape index (κ3) is 5.57. The number of amides is 4. The average molecular weight is 577 g/mol. The molecule has 4 aromatic rings. The molecule has 0 bridgehead atoms. The Hall–Kier alpha value is -5.42. The second kappa shape index (κ2) is 11.5. The van der Waals surface area contributed by atoms with Crippen molar-refractivity contribution in [2.24, 2.45) is 5.92 Å². The maximum atomic E-state index is 13.7. The first-order valence-corrected chi connectivity index (χ1v) is 13.7. The van der Waals surface area contributed by atoms with Gasteiger partial charge >= 0.3 is 0 Å². The normalized spacial score (nSPS) is 19.3. The molecular weight excluding hydrogens is 548 g/mol. The molecule has 0 radical (unpaired) electrons. The number of carbonyl (C=O) groups excluding carboxylic acids is 4. The van der Waals surface area contributed by atoms with E-state index in [9.17, 15) is 19.2 Å². The van der Waals surface area contributed by atoms with Gasteiger partial charge in [-0.3, -0.25) is 28.9 Å². The zero-order valence-electron chi connectivity index (χ0n) is 23.4. The number of benzene rings is 2. The molecule has 2 aromatic heterocycles. The number of aryl methyl sites for hydroxylation is 2. The van der Waals surface area contributed by atoms with Gasteiger partial charge in [0.25, 0.3) is 11.8 Å². The van der Waals surface area contributed by atoms with Crippen molar-refractivity contribution in [2.45, 2.75) is 26.0 Å². The minimum absolute atomic E-state index is 0.330. The molecule has 216 valence electrons. The second-order valence-corrected chi connectivity index (χ2v) is 10.4. The van der Waals surface area contributed by atoms with Crippen LogP contribution in [0.4, 0.5) is 17.3 Å². The summed E-state index contributed by atoms with van der Waals surface area (Å²) in [5.74, 6) is -2.13. The lowest BCUT2D eigenvalue weighted by atomic mass is 9.90. The number of hydroxylamine groups is 1. The van der Waals surface area contributed by atoms with Crippen molar-refractivity contribution in [3.8, 4) is 0 Å². The number of carbonyl (C=O) groups is 4. The maximum Gasteiger partial charge on any atom is 0.262 e. The largest absolute Gasteiger partial charge is 0.309 e. The Kier molecular flexibility index (Phi) is 7.39. The van der Waals surface area contributed by atoms with Crippen molar-refractivity contribution in [3.63, 3.8) is 0 Å². The molecule has 2 saturated heterocycles. The van der Waals surface area contributed by atoms with Gasteiger partial charge in [0.15, 0.2) is 6.10 Å². The first-order valence-electron chi connectivity index (χ1n) is 13.7. The van der Waals surface area contributed by atoms with Gasteiger partial charge in [0, 0.05) is 17.0 Å². The van der Waals surface area contributed by atoms with Crippen LogP contribution in [0.1, 0.15) is 33.4 Å². The molecule has 2 aromatic carbocycles. The molecule has 4 heterocycles. The molecule has 0 saturated carbocycles. The molecule has 11 heteroatoms. The molecule has 6 rings (SSSR count). The molecule has 11 nitrogen and oxygen atoms in total. The van der Waals surface area contributed by atoms with Gasteiger partial charge in [0.2, 0.25) is 11.8 Å². The van der Waals surface area contributed by atoms with Crippen molar-refractivity contribution in [2.75, 3.05) is 22.2 Å². The second-order valence-electron chi connectivity index (χ2n) is 10.4. The molecule has 0 spiro atoms. The fourth-order valence-electron chi connectivity index (χ4n) is 5.34. The molecular formula is C32H28N6O5. The molecule has 43 heavy (non-hydrogen) atoms. The van der Waals surface area contributed by atoms with Crippen LogP contribution < -0.4 is 15.7 Å². The lowest BCUT2D eigenvalue weighted by molar-refractivity contribution is -0.145. The zero-order chi connectivity index (χ0) is 30.1. The molecule has 2 aliphatic rings. The number of nitrogens with zero attached hydrogens (tertiary/aromatic N) is 4. The highest BCUT2D eigenvalue weighted by atomic mass is 16.7. The molecule has 2 N–H and O–H groups in total. The molecule has 2 fully saturated rings. The van der Waals surface area contributed by atoms with Crippen LogP contribution >= 0.6 is 0 Å². The van der Waals surface area contributed by atoms with Crippen molar-refractivity contribution in [3.05, 3.63) is 114 Å². The van der Waals surface area contributed by atoms with Crippen LogP contribution in [0.25, 0.3) is 0 Å². The van der Waals surface area contributed by atoms with E-state index in [1.807, 2.05) is 49.4 Å². The molecule has 0 aliphatic carbocycles. The van der Waals surface area contributed by atoms with Crippen LogP contribution in [0.5, 0.6) is 0 Å². The number of imide groups is 1. The highest BCUT2D eigenvalue weighted by Crippen LogP contribution is 2.46. The number of rotatable bonds is 7. The Bertz CT molecular complexity index is 1710. The quantitative estimate of drug-likeness (QED) is 0.317. The smallest absolute Gasteiger partial charge is 0.262 e. The molecule has 4 amide bonds. The molecule has 3 atom stereocenters. The minimum atomic E-state index is -1.11. The minimum Gasteiger partial charge on any atom is -0.309 e.